The zero-order valence-electron chi connectivity index (χ0n) is 26.0. The molecule has 2 aliphatic heterocycles. The van der Waals surface area contributed by atoms with E-state index >= 15 is 0 Å². The summed E-state index contributed by atoms with van der Waals surface area (Å²) in [6, 6.07) is 10.6. The quantitative estimate of drug-likeness (QED) is 0.181. The summed E-state index contributed by atoms with van der Waals surface area (Å²) in [5.74, 6) is 1.23. The lowest BCUT2D eigenvalue weighted by Gasteiger charge is -2.16. The van der Waals surface area contributed by atoms with Crippen LogP contribution in [0, 0.1) is 12.7 Å². The van der Waals surface area contributed by atoms with E-state index in [1.165, 1.54) is 12.1 Å². The van der Waals surface area contributed by atoms with Crippen LogP contribution in [-0.4, -0.2) is 42.5 Å². The third-order valence-corrected chi connectivity index (χ3v) is 11.2. The van der Waals surface area contributed by atoms with E-state index in [-0.39, 0.29) is 23.8 Å². The molecule has 0 saturated carbocycles. The van der Waals surface area contributed by atoms with E-state index in [0.29, 0.717) is 47.3 Å². The maximum absolute atomic E-state index is 14.2. The minimum atomic E-state index is -0.274. The van der Waals surface area contributed by atoms with Crippen LogP contribution in [0.25, 0.3) is 32.0 Å². The zero-order chi connectivity index (χ0) is 32.5. The van der Waals surface area contributed by atoms with Crippen molar-refractivity contribution < 1.29 is 13.6 Å². The number of halogens is 2. The van der Waals surface area contributed by atoms with Crippen molar-refractivity contribution in [3.63, 3.8) is 0 Å². The van der Waals surface area contributed by atoms with Gasteiger partial charge in [0.2, 0.25) is 11.8 Å². The number of benzene rings is 1. The lowest BCUT2D eigenvalue weighted by Crippen LogP contribution is -2.22. The van der Waals surface area contributed by atoms with Gasteiger partial charge in [-0.05, 0) is 84.9 Å². The summed E-state index contributed by atoms with van der Waals surface area (Å²) in [5.41, 5.74) is 6.84. The maximum atomic E-state index is 14.2. The van der Waals surface area contributed by atoms with E-state index in [2.05, 4.69) is 26.6 Å². The molecule has 2 atom stereocenters. The predicted octanol–water partition coefficient (Wildman–Crippen LogP) is 8.08. The van der Waals surface area contributed by atoms with Crippen LogP contribution in [0.15, 0.2) is 59.4 Å². The monoisotopic (exact) mass is 677 g/mol. The first kappa shape index (κ1) is 29.4. The van der Waals surface area contributed by atoms with Crippen molar-refractivity contribution in [2.75, 3.05) is 11.9 Å². The molecular formula is C36H29ClFN7O2S. The Bertz CT molecular complexity index is 2250. The van der Waals surface area contributed by atoms with Crippen molar-refractivity contribution in [1.29, 1.82) is 0 Å². The van der Waals surface area contributed by atoms with Crippen LogP contribution in [0.5, 0.6) is 0 Å². The van der Waals surface area contributed by atoms with Crippen molar-refractivity contribution in [2.24, 2.45) is 0 Å². The minimum Gasteiger partial charge on any atom is -0.421 e. The van der Waals surface area contributed by atoms with Gasteiger partial charge >= 0.3 is 0 Å². The number of pyridine rings is 3. The van der Waals surface area contributed by atoms with E-state index in [4.69, 9.17) is 26.0 Å². The lowest BCUT2D eigenvalue weighted by molar-refractivity contribution is 0.0776. The molecule has 1 saturated heterocycles. The summed E-state index contributed by atoms with van der Waals surface area (Å²) in [6.07, 6.45) is 10.1. The van der Waals surface area contributed by atoms with Crippen molar-refractivity contribution in [3.8, 4) is 21.9 Å². The van der Waals surface area contributed by atoms with Crippen LogP contribution in [-0.2, 0) is 19.3 Å². The van der Waals surface area contributed by atoms with E-state index in [0.717, 1.165) is 80.1 Å². The largest absolute Gasteiger partial charge is 0.421 e. The molecule has 0 spiro atoms. The van der Waals surface area contributed by atoms with E-state index in [1.807, 2.05) is 23.4 Å². The second kappa shape index (κ2) is 11.5. The van der Waals surface area contributed by atoms with Crippen LogP contribution in [0.2, 0.25) is 5.02 Å². The number of amides is 1. The summed E-state index contributed by atoms with van der Waals surface area (Å²) in [5, 5.41) is 14.0. The highest BCUT2D eigenvalue weighted by Gasteiger charge is 2.45. The molecule has 9 nitrogen and oxygen atoms in total. The molecule has 0 radical (unpaired) electrons. The predicted molar refractivity (Wildman–Crippen MR) is 182 cm³/mol. The van der Waals surface area contributed by atoms with Gasteiger partial charge in [0.15, 0.2) is 0 Å². The SMILES string of the molecule is Cc1nnc(-c2c(CCc3ccc(F)cc3)nc3c(c2-c2cc4ccnc(N[C@H]5CCc6c(Cl)cncc65)c4s2)C(=O)N2CCC[C@@H]32)o1. The lowest BCUT2D eigenvalue weighted by atomic mass is 9.93. The normalized spacial score (nSPS) is 18.1. The van der Waals surface area contributed by atoms with Crippen molar-refractivity contribution in [1.82, 2.24) is 30.0 Å². The van der Waals surface area contributed by atoms with Gasteiger partial charge in [-0.15, -0.1) is 21.5 Å². The summed E-state index contributed by atoms with van der Waals surface area (Å²) >= 11 is 8.05. The van der Waals surface area contributed by atoms with Gasteiger partial charge in [0.05, 0.1) is 44.3 Å². The van der Waals surface area contributed by atoms with Gasteiger partial charge in [-0.2, -0.15) is 0 Å². The number of nitrogens with one attached hydrogen (secondary N) is 1. The van der Waals surface area contributed by atoms with Crippen molar-refractivity contribution in [3.05, 3.63) is 105 Å². The van der Waals surface area contributed by atoms with Gasteiger partial charge in [0.1, 0.15) is 11.6 Å². The molecule has 5 aromatic heterocycles. The van der Waals surface area contributed by atoms with Gasteiger partial charge in [-0.1, -0.05) is 23.7 Å². The molecule has 0 bridgehead atoms. The number of hydrogen-bond donors (Lipinski definition) is 1. The summed E-state index contributed by atoms with van der Waals surface area (Å²) in [6.45, 7) is 2.45. The van der Waals surface area contributed by atoms with Gasteiger partial charge in [0.25, 0.3) is 5.91 Å². The standard InChI is InChI=1S/C36H29ClFN7O2S/c1-18-43-44-35(47-18)29-26(10-6-19-4-7-21(38)8-5-19)41-32-27-3-2-14-45(27)36(46)31(32)30(29)28-15-20-12-13-40-34(33(20)48-28)42-25-11-9-22-23(25)16-39-17-24(22)37/h4-5,7-8,12-13,15-17,25,27H,2-3,6,9-11,14H2,1H3,(H,40,42)/t25-,27-/m0/s1. The molecule has 1 N–H and O–H groups in total. The zero-order valence-corrected chi connectivity index (χ0v) is 27.5. The molecule has 48 heavy (non-hydrogen) atoms. The first-order chi connectivity index (χ1) is 23.4. The second-order valence-electron chi connectivity index (χ2n) is 12.6. The van der Waals surface area contributed by atoms with Crippen LogP contribution in [0.1, 0.15) is 75.7 Å². The molecule has 7 heterocycles. The van der Waals surface area contributed by atoms with Crippen molar-refractivity contribution in [2.45, 2.75) is 57.5 Å². The molecule has 240 valence electrons. The number of thiophene rings is 1. The fraction of sp³-hybridized carbons (Fsp3) is 0.278. The third-order valence-electron chi connectivity index (χ3n) is 9.73. The molecule has 1 fully saturated rings. The topological polar surface area (TPSA) is 110 Å². The number of carbonyl (C=O) groups excluding carboxylic acids is 1. The molecular weight excluding hydrogens is 649 g/mol. The molecule has 9 rings (SSSR count). The Kier molecular flexibility index (Phi) is 7.01. The molecule has 1 aromatic carbocycles. The number of fused-ring (bicyclic) bond motifs is 5. The van der Waals surface area contributed by atoms with Crippen molar-refractivity contribution >= 4 is 44.7 Å². The number of hydrogen-bond acceptors (Lipinski definition) is 9. The molecule has 3 aliphatic rings. The van der Waals surface area contributed by atoms with Gasteiger partial charge in [-0.25, -0.2) is 9.37 Å². The van der Waals surface area contributed by atoms with Crippen LogP contribution < -0.4 is 5.32 Å². The van der Waals surface area contributed by atoms with E-state index in [9.17, 15) is 9.18 Å². The maximum Gasteiger partial charge on any atom is 0.257 e. The first-order valence-corrected chi connectivity index (χ1v) is 17.3. The Hall–Kier alpha value is -4.74. The number of nitrogens with zero attached hydrogens (tertiary/aromatic N) is 6. The summed E-state index contributed by atoms with van der Waals surface area (Å²) in [7, 11) is 0. The first-order valence-electron chi connectivity index (χ1n) is 16.1. The Morgan fingerprint density at radius 2 is 1.96 bits per heavy atom. The van der Waals surface area contributed by atoms with Crippen LogP contribution in [0.3, 0.4) is 0 Å². The Morgan fingerprint density at radius 3 is 2.79 bits per heavy atom. The number of anilines is 1. The van der Waals surface area contributed by atoms with E-state index < -0.39 is 0 Å². The highest BCUT2D eigenvalue weighted by molar-refractivity contribution is 7.23. The van der Waals surface area contributed by atoms with E-state index in [1.54, 1.807) is 36.6 Å². The highest BCUT2D eigenvalue weighted by atomic mass is 35.5. The van der Waals surface area contributed by atoms with Crippen LogP contribution >= 0.6 is 22.9 Å². The fourth-order valence-electron chi connectivity index (χ4n) is 7.51. The van der Waals surface area contributed by atoms with Gasteiger partial charge in [0, 0.05) is 42.5 Å². The molecule has 1 amide bonds. The summed E-state index contributed by atoms with van der Waals surface area (Å²) < 4.78 is 20.8. The van der Waals surface area contributed by atoms with Crippen LogP contribution in [0.4, 0.5) is 10.2 Å². The van der Waals surface area contributed by atoms with Gasteiger partial charge < -0.3 is 14.6 Å². The minimum absolute atomic E-state index is 0.0153. The average molecular weight is 678 g/mol. The smallest absolute Gasteiger partial charge is 0.257 e. The Balaban J connectivity index is 1.21. The Labute approximate surface area is 284 Å². The highest BCUT2D eigenvalue weighted by Crippen LogP contribution is 2.50. The third kappa shape index (κ3) is 4.78. The summed E-state index contributed by atoms with van der Waals surface area (Å²) in [4.78, 5) is 31.4. The molecule has 12 heteroatoms. The fourth-order valence-corrected chi connectivity index (χ4v) is 8.93. The average Bonchev–Trinajstić information content (AvgIpc) is 3.92. The second-order valence-corrected chi connectivity index (χ2v) is 14.1. The van der Waals surface area contributed by atoms with Gasteiger partial charge in [-0.3, -0.25) is 14.8 Å². The number of aromatic nitrogens is 5. The molecule has 0 unspecified atom stereocenters. The number of carbonyl (C=O) groups is 1. The molecule has 1 aliphatic carbocycles. The number of rotatable bonds is 7. The number of aryl methyl sites for hydroxylation is 3. The Morgan fingerprint density at radius 1 is 1.08 bits per heavy atom. The molecule has 6 aromatic rings.